The van der Waals surface area contributed by atoms with Crippen LogP contribution in [-0.2, 0) is 0 Å². The molecule has 0 aromatic rings. The van der Waals surface area contributed by atoms with Crippen LogP contribution in [0.1, 0.15) is 75.4 Å². The van der Waals surface area contributed by atoms with Crippen molar-refractivity contribution in [3.63, 3.8) is 0 Å². The van der Waals surface area contributed by atoms with Gasteiger partial charge in [-0.15, -0.1) is 12.4 Å². The Labute approximate surface area is 247 Å². The molecule has 0 spiro atoms. The first-order valence-electron chi connectivity index (χ1n) is 6.12. The van der Waals surface area contributed by atoms with E-state index in [0.717, 1.165) is 6.54 Å². The summed E-state index contributed by atoms with van der Waals surface area (Å²) in [7, 11) is 0. The Kier molecular flexibility index (Phi) is 65.3. The Balaban J connectivity index is -0.0000000343. The maximum atomic E-state index is 5.42. The van der Waals surface area contributed by atoms with Gasteiger partial charge in [-0.05, 0) is 13.0 Å². The summed E-state index contributed by atoms with van der Waals surface area (Å²) in [6.07, 6.45) is 13.9. The van der Waals surface area contributed by atoms with Crippen LogP contribution in [0.15, 0.2) is 0 Å². The SMILES string of the molecule is CCCCCCCCCCCCN.Cl.[H-].[H-].[H-].[K+].[K+].[K+]. The summed E-state index contributed by atoms with van der Waals surface area (Å²) in [4.78, 5) is 0. The van der Waals surface area contributed by atoms with E-state index in [2.05, 4.69) is 6.92 Å². The molecule has 0 amide bonds. The summed E-state index contributed by atoms with van der Waals surface area (Å²) in [6.45, 7) is 3.14. The van der Waals surface area contributed by atoms with Crippen molar-refractivity contribution in [2.45, 2.75) is 71.1 Å². The molecule has 0 aromatic heterocycles. The van der Waals surface area contributed by atoms with Crippen LogP contribution in [0.3, 0.4) is 0 Å². The Bertz CT molecular complexity index is 100. The van der Waals surface area contributed by atoms with Crippen LogP contribution in [0.5, 0.6) is 0 Å². The van der Waals surface area contributed by atoms with Crippen LogP contribution in [0.4, 0.5) is 0 Å². The van der Waals surface area contributed by atoms with Crippen molar-refractivity contribution in [3.8, 4) is 0 Å². The third-order valence-electron chi connectivity index (χ3n) is 2.56. The minimum Gasteiger partial charge on any atom is -1.00 e. The largest absolute Gasteiger partial charge is 1.00 e. The fraction of sp³-hybridized carbons (Fsp3) is 1.00. The van der Waals surface area contributed by atoms with Gasteiger partial charge in [-0.3, -0.25) is 0 Å². The van der Waals surface area contributed by atoms with E-state index >= 15 is 0 Å². The van der Waals surface area contributed by atoms with E-state index in [4.69, 9.17) is 5.73 Å². The minimum atomic E-state index is 0. The molecule has 0 radical (unpaired) electrons. The third kappa shape index (κ3) is 33.8. The molecule has 0 saturated carbocycles. The maximum absolute atomic E-state index is 5.42. The van der Waals surface area contributed by atoms with Crippen molar-refractivity contribution >= 4 is 12.4 Å². The standard InChI is InChI=1S/C12H27N.ClH.3K.3H/c1-2-3-4-5-6-7-8-9-10-11-12-13;;;;;;;/h2-13H2,1H3;1H;;;;;;/q;;3*+1;3*-1. The first-order valence-corrected chi connectivity index (χ1v) is 6.12. The van der Waals surface area contributed by atoms with Gasteiger partial charge in [0.15, 0.2) is 0 Å². The zero-order valence-corrected chi connectivity index (χ0v) is 22.9. The molecule has 2 N–H and O–H groups in total. The number of unbranched alkanes of at least 4 members (excludes halogenated alkanes) is 9. The van der Waals surface area contributed by atoms with E-state index in [-0.39, 0.29) is 171 Å². The summed E-state index contributed by atoms with van der Waals surface area (Å²) in [6, 6.07) is 0. The average Bonchev–Trinajstić information content (AvgIpc) is 2.16. The molecule has 0 heterocycles. The Morgan fingerprint density at radius 3 is 1.24 bits per heavy atom. The topological polar surface area (TPSA) is 26.0 Å². The molecule has 0 unspecified atom stereocenters. The van der Waals surface area contributed by atoms with Crippen LogP contribution in [-0.4, -0.2) is 6.54 Å². The number of nitrogens with two attached hydrogens (primary N) is 1. The molecular weight excluding hydrogens is 311 g/mol. The summed E-state index contributed by atoms with van der Waals surface area (Å²) in [5, 5.41) is 0. The van der Waals surface area contributed by atoms with Gasteiger partial charge in [0.05, 0.1) is 0 Å². The summed E-state index contributed by atoms with van der Waals surface area (Å²) in [5.41, 5.74) is 5.42. The molecule has 0 aliphatic rings. The fourth-order valence-electron chi connectivity index (χ4n) is 1.63. The predicted octanol–water partition coefficient (Wildman–Crippen LogP) is -4.36. The van der Waals surface area contributed by atoms with Crippen molar-refractivity contribution in [2.24, 2.45) is 5.73 Å². The van der Waals surface area contributed by atoms with Gasteiger partial charge in [0, 0.05) is 0 Å². The second-order valence-corrected chi connectivity index (χ2v) is 3.97. The van der Waals surface area contributed by atoms with E-state index in [9.17, 15) is 0 Å². The Hall–Kier alpha value is 5.16. The molecule has 0 rings (SSSR count). The van der Waals surface area contributed by atoms with Crippen molar-refractivity contribution in [2.75, 3.05) is 6.54 Å². The van der Waals surface area contributed by atoms with Crippen molar-refractivity contribution in [3.05, 3.63) is 0 Å². The molecule has 0 saturated heterocycles. The molecule has 17 heavy (non-hydrogen) atoms. The second-order valence-electron chi connectivity index (χ2n) is 3.97. The van der Waals surface area contributed by atoms with Crippen LogP contribution >= 0.6 is 12.4 Å². The van der Waals surface area contributed by atoms with Crippen molar-refractivity contribution in [1.82, 2.24) is 0 Å². The van der Waals surface area contributed by atoms with Gasteiger partial charge >= 0.3 is 154 Å². The van der Waals surface area contributed by atoms with Crippen LogP contribution in [0.25, 0.3) is 0 Å². The molecule has 5 heteroatoms. The summed E-state index contributed by atoms with van der Waals surface area (Å²) < 4.78 is 0. The van der Waals surface area contributed by atoms with Crippen LogP contribution in [0.2, 0.25) is 0 Å². The molecule has 0 atom stereocenters. The molecule has 94 valence electrons. The summed E-state index contributed by atoms with van der Waals surface area (Å²) >= 11 is 0. The van der Waals surface area contributed by atoms with E-state index in [1.165, 1.54) is 64.2 Å². The number of hydrogen-bond donors (Lipinski definition) is 1. The van der Waals surface area contributed by atoms with Gasteiger partial charge < -0.3 is 10.0 Å². The predicted molar refractivity (Wildman–Crippen MR) is 71.5 cm³/mol. The van der Waals surface area contributed by atoms with Crippen molar-refractivity contribution < 1.29 is 158 Å². The zero-order chi connectivity index (χ0) is 9.78. The molecule has 0 aromatic carbocycles. The maximum Gasteiger partial charge on any atom is 1.00 e. The van der Waals surface area contributed by atoms with Crippen LogP contribution in [0, 0.1) is 0 Å². The number of hydrogen-bond acceptors (Lipinski definition) is 1. The molecule has 0 fully saturated rings. The van der Waals surface area contributed by atoms with Gasteiger partial charge in [0.25, 0.3) is 0 Å². The third-order valence-corrected chi connectivity index (χ3v) is 2.56. The van der Waals surface area contributed by atoms with Gasteiger partial charge in [-0.2, -0.15) is 0 Å². The first-order chi connectivity index (χ1) is 6.41. The Morgan fingerprint density at radius 2 is 0.941 bits per heavy atom. The van der Waals surface area contributed by atoms with E-state index in [1.54, 1.807) is 0 Å². The second kappa shape index (κ2) is 32.9. The molecular formula is C12H31ClK3N. The van der Waals surface area contributed by atoms with E-state index in [0.29, 0.717) is 0 Å². The van der Waals surface area contributed by atoms with Gasteiger partial charge in [-0.1, -0.05) is 64.7 Å². The van der Waals surface area contributed by atoms with Crippen molar-refractivity contribution in [1.29, 1.82) is 0 Å². The zero-order valence-electron chi connectivity index (χ0n) is 15.8. The number of halogens is 1. The number of rotatable bonds is 10. The molecule has 0 aliphatic carbocycles. The quantitative estimate of drug-likeness (QED) is 0.315. The summed E-state index contributed by atoms with van der Waals surface area (Å²) in [5.74, 6) is 0. The molecule has 0 bridgehead atoms. The first kappa shape index (κ1) is 33.7. The van der Waals surface area contributed by atoms with Gasteiger partial charge in [0.1, 0.15) is 0 Å². The normalized spacial score (nSPS) is 8.12. The van der Waals surface area contributed by atoms with Crippen LogP contribution < -0.4 is 160 Å². The van der Waals surface area contributed by atoms with Gasteiger partial charge in [-0.25, -0.2) is 0 Å². The fourth-order valence-corrected chi connectivity index (χ4v) is 1.63. The smallest absolute Gasteiger partial charge is 1.00 e. The van der Waals surface area contributed by atoms with E-state index in [1.807, 2.05) is 0 Å². The van der Waals surface area contributed by atoms with Gasteiger partial charge in [0.2, 0.25) is 0 Å². The minimum absolute atomic E-state index is 0. The Morgan fingerprint density at radius 1 is 0.647 bits per heavy atom. The monoisotopic (exact) mass is 341 g/mol. The average molecular weight is 342 g/mol. The molecule has 0 aliphatic heterocycles. The molecule has 1 nitrogen and oxygen atoms in total. The van der Waals surface area contributed by atoms with E-state index < -0.39 is 0 Å².